The summed E-state index contributed by atoms with van der Waals surface area (Å²) >= 11 is 0. The van der Waals surface area contributed by atoms with Gasteiger partial charge in [0, 0.05) is 19.5 Å². The molecule has 0 aromatic rings. The number of hydrogen-bond acceptors (Lipinski definition) is 4. The zero-order valence-corrected chi connectivity index (χ0v) is 8.74. The maximum absolute atomic E-state index is 10.9. The van der Waals surface area contributed by atoms with Gasteiger partial charge in [0.25, 0.3) is 0 Å². The first-order valence-electron chi connectivity index (χ1n) is 5.03. The molecule has 1 amide bonds. The smallest absolute Gasteiger partial charge is 0.320 e. The van der Waals surface area contributed by atoms with E-state index in [4.69, 9.17) is 16.6 Å². The fourth-order valence-corrected chi connectivity index (χ4v) is 1.06. The Morgan fingerprint density at radius 3 is 2.53 bits per heavy atom. The predicted molar refractivity (Wildman–Crippen MR) is 56.1 cm³/mol. The van der Waals surface area contributed by atoms with Crippen molar-refractivity contribution in [2.75, 3.05) is 13.1 Å². The Morgan fingerprint density at radius 2 is 2.00 bits per heavy atom. The van der Waals surface area contributed by atoms with Crippen LogP contribution in [0.3, 0.4) is 0 Å². The lowest BCUT2D eigenvalue weighted by Crippen LogP contribution is -2.30. The molecule has 6 heteroatoms. The molecule has 0 aromatic carbocycles. The van der Waals surface area contributed by atoms with Crippen molar-refractivity contribution in [1.29, 1.82) is 0 Å². The normalized spacial score (nSPS) is 12.1. The van der Waals surface area contributed by atoms with E-state index in [1.54, 1.807) is 0 Å². The highest BCUT2D eigenvalue weighted by Gasteiger charge is 2.09. The van der Waals surface area contributed by atoms with Crippen molar-refractivity contribution in [3.63, 3.8) is 0 Å². The van der Waals surface area contributed by atoms with Gasteiger partial charge < -0.3 is 21.9 Å². The van der Waals surface area contributed by atoms with Gasteiger partial charge in [-0.2, -0.15) is 0 Å². The van der Waals surface area contributed by atoms with Gasteiger partial charge in [-0.25, -0.2) is 0 Å². The van der Waals surface area contributed by atoms with Crippen molar-refractivity contribution in [2.45, 2.75) is 31.7 Å². The fourth-order valence-electron chi connectivity index (χ4n) is 1.06. The van der Waals surface area contributed by atoms with Crippen molar-refractivity contribution in [2.24, 2.45) is 11.5 Å². The summed E-state index contributed by atoms with van der Waals surface area (Å²) < 4.78 is 0. The minimum Gasteiger partial charge on any atom is -0.480 e. The highest BCUT2D eigenvalue weighted by Crippen LogP contribution is 1.98. The zero-order chi connectivity index (χ0) is 11.7. The summed E-state index contributed by atoms with van der Waals surface area (Å²) in [5.41, 5.74) is 10.5. The number of carboxylic acid groups (broad SMARTS) is 1. The highest BCUT2D eigenvalue weighted by atomic mass is 16.4. The van der Waals surface area contributed by atoms with Crippen LogP contribution in [0.1, 0.15) is 25.7 Å². The molecule has 0 aromatic heterocycles. The SMILES string of the molecule is NCCC(=O)NCCCC[C@H](N)C(=O)O. The third-order valence-electron chi connectivity index (χ3n) is 1.95. The monoisotopic (exact) mass is 217 g/mol. The van der Waals surface area contributed by atoms with Gasteiger partial charge in [0.1, 0.15) is 6.04 Å². The van der Waals surface area contributed by atoms with Crippen molar-refractivity contribution in [3.8, 4) is 0 Å². The fraction of sp³-hybridized carbons (Fsp3) is 0.778. The van der Waals surface area contributed by atoms with Crippen LogP contribution in [0.25, 0.3) is 0 Å². The Labute approximate surface area is 89.0 Å². The highest BCUT2D eigenvalue weighted by molar-refractivity contribution is 5.76. The Kier molecular flexibility index (Phi) is 7.57. The quantitative estimate of drug-likeness (QED) is 0.390. The van der Waals surface area contributed by atoms with E-state index in [0.29, 0.717) is 32.4 Å². The number of unbranched alkanes of at least 4 members (excludes halogenated alkanes) is 1. The summed E-state index contributed by atoms with van der Waals surface area (Å²) in [5.74, 6) is -1.05. The van der Waals surface area contributed by atoms with E-state index in [-0.39, 0.29) is 5.91 Å². The first-order valence-corrected chi connectivity index (χ1v) is 5.03. The van der Waals surface area contributed by atoms with Crippen LogP contribution in [0, 0.1) is 0 Å². The summed E-state index contributed by atoms with van der Waals surface area (Å²) in [6, 6.07) is -0.801. The number of hydrogen-bond donors (Lipinski definition) is 4. The van der Waals surface area contributed by atoms with Gasteiger partial charge in [0.05, 0.1) is 0 Å². The Balaban J connectivity index is 3.32. The van der Waals surface area contributed by atoms with Crippen LogP contribution >= 0.6 is 0 Å². The molecule has 0 spiro atoms. The summed E-state index contributed by atoms with van der Waals surface area (Å²) in [6.07, 6.45) is 2.18. The largest absolute Gasteiger partial charge is 0.480 e. The molecule has 0 bridgehead atoms. The van der Waals surface area contributed by atoms with E-state index in [9.17, 15) is 9.59 Å². The number of carbonyl (C=O) groups is 2. The molecule has 1 atom stereocenters. The Bertz CT molecular complexity index is 209. The average molecular weight is 217 g/mol. The minimum absolute atomic E-state index is 0.0694. The van der Waals surface area contributed by atoms with Gasteiger partial charge in [-0.1, -0.05) is 0 Å². The molecule has 0 radical (unpaired) electrons. The molecule has 6 nitrogen and oxygen atoms in total. The Morgan fingerprint density at radius 1 is 1.33 bits per heavy atom. The first-order chi connectivity index (χ1) is 7.07. The maximum atomic E-state index is 10.9. The van der Waals surface area contributed by atoms with E-state index < -0.39 is 12.0 Å². The molecule has 0 unspecified atom stereocenters. The zero-order valence-electron chi connectivity index (χ0n) is 8.74. The topological polar surface area (TPSA) is 118 Å². The van der Waals surface area contributed by atoms with Crippen molar-refractivity contribution < 1.29 is 14.7 Å². The van der Waals surface area contributed by atoms with Crippen LogP contribution in [0.15, 0.2) is 0 Å². The lowest BCUT2D eigenvalue weighted by atomic mass is 10.1. The van der Waals surface area contributed by atoms with Gasteiger partial charge >= 0.3 is 5.97 Å². The van der Waals surface area contributed by atoms with Crippen molar-refractivity contribution in [3.05, 3.63) is 0 Å². The number of aliphatic carboxylic acids is 1. The number of nitrogens with two attached hydrogens (primary N) is 2. The van der Waals surface area contributed by atoms with Crippen molar-refractivity contribution in [1.82, 2.24) is 5.32 Å². The van der Waals surface area contributed by atoms with Crippen LogP contribution in [0.5, 0.6) is 0 Å². The summed E-state index contributed by atoms with van der Waals surface area (Å²) in [7, 11) is 0. The molecule has 0 heterocycles. The molecule has 0 aliphatic rings. The van der Waals surface area contributed by atoms with Gasteiger partial charge in [0.2, 0.25) is 5.91 Å². The van der Waals surface area contributed by atoms with Gasteiger partial charge in [-0.05, 0) is 19.3 Å². The molecule has 0 fully saturated rings. The van der Waals surface area contributed by atoms with Crippen LogP contribution in [-0.4, -0.2) is 36.1 Å². The molecule has 0 saturated carbocycles. The Hall–Kier alpha value is -1.14. The number of rotatable bonds is 8. The predicted octanol–water partition coefficient (Wildman–Crippen LogP) is -0.966. The third-order valence-corrected chi connectivity index (χ3v) is 1.95. The van der Waals surface area contributed by atoms with E-state index in [1.165, 1.54) is 0 Å². The van der Waals surface area contributed by atoms with E-state index >= 15 is 0 Å². The van der Waals surface area contributed by atoms with E-state index in [2.05, 4.69) is 5.32 Å². The first kappa shape index (κ1) is 13.9. The number of nitrogens with one attached hydrogen (secondary N) is 1. The average Bonchev–Trinajstić information content (AvgIpc) is 2.17. The minimum atomic E-state index is -0.984. The van der Waals surface area contributed by atoms with Gasteiger partial charge in [0.15, 0.2) is 0 Å². The molecule has 0 aliphatic heterocycles. The molecule has 6 N–H and O–H groups in total. The molecule has 0 aliphatic carbocycles. The van der Waals surface area contributed by atoms with Crippen molar-refractivity contribution >= 4 is 11.9 Å². The lowest BCUT2D eigenvalue weighted by molar-refractivity contribution is -0.138. The second kappa shape index (κ2) is 8.19. The van der Waals surface area contributed by atoms with E-state index in [0.717, 1.165) is 6.42 Å². The van der Waals surface area contributed by atoms with Crippen LogP contribution in [0.4, 0.5) is 0 Å². The number of amides is 1. The molecule has 15 heavy (non-hydrogen) atoms. The summed E-state index contributed by atoms with van der Waals surface area (Å²) in [5, 5.41) is 11.2. The second-order valence-corrected chi connectivity index (χ2v) is 3.33. The number of carboxylic acids is 1. The maximum Gasteiger partial charge on any atom is 0.320 e. The number of carbonyl (C=O) groups excluding carboxylic acids is 1. The molecule has 0 saturated heterocycles. The third kappa shape index (κ3) is 7.90. The summed E-state index contributed by atoms with van der Waals surface area (Å²) in [4.78, 5) is 21.3. The molecular weight excluding hydrogens is 198 g/mol. The van der Waals surface area contributed by atoms with Gasteiger partial charge in [-0.3, -0.25) is 9.59 Å². The van der Waals surface area contributed by atoms with Crippen LogP contribution in [0.2, 0.25) is 0 Å². The standard InChI is InChI=1S/C9H19N3O3/c10-5-4-8(13)12-6-2-1-3-7(11)9(14)15/h7H,1-6,10-11H2,(H,12,13)(H,14,15)/t7-/m0/s1. The van der Waals surface area contributed by atoms with Crippen LogP contribution in [-0.2, 0) is 9.59 Å². The lowest BCUT2D eigenvalue weighted by Gasteiger charge is -2.06. The molecular formula is C9H19N3O3. The molecule has 0 rings (SSSR count). The molecule has 88 valence electrons. The van der Waals surface area contributed by atoms with Gasteiger partial charge in [-0.15, -0.1) is 0 Å². The van der Waals surface area contributed by atoms with E-state index in [1.807, 2.05) is 0 Å². The second-order valence-electron chi connectivity index (χ2n) is 3.33. The van der Waals surface area contributed by atoms with Crippen LogP contribution < -0.4 is 16.8 Å². The summed E-state index contributed by atoms with van der Waals surface area (Å²) in [6.45, 7) is 0.890.